The Kier molecular flexibility index (Phi) is 8.88. The summed E-state index contributed by atoms with van der Waals surface area (Å²) < 4.78 is 6.16. The molecule has 0 unspecified atom stereocenters. The quantitative estimate of drug-likeness (QED) is 0.125. The van der Waals surface area contributed by atoms with E-state index < -0.39 is 0 Å². The average Bonchev–Trinajstić information content (AvgIpc) is 3.81. The van der Waals surface area contributed by atoms with Crippen LogP contribution in [-0.2, 0) is 5.41 Å². The van der Waals surface area contributed by atoms with Gasteiger partial charge >= 0.3 is 0 Å². The zero-order valence-electron chi connectivity index (χ0n) is 35.0. The third-order valence-corrected chi connectivity index (χ3v) is 13.0. The molecule has 11 aromatic rings. The van der Waals surface area contributed by atoms with Crippen molar-refractivity contribution < 1.29 is 4.42 Å². The largest absolute Gasteiger partial charge is 0.456 e. The molecule has 1 heterocycles. The minimum Gasteiger partial charge on any atom is -0.456 e. The SMILES string of the molecule is C=CC=C.CC1(C)c2cc(-c3ccc4oc5ccccc5c4c3)ccc2-c2ccc(-c3c4ccccc4c(-c4cccc(-c5cccc6ccccc56)c4)c4ccccc34)cc21. The summed E-state index contributed by atoms with van der Waals surface area (Å²) in [7, 11) is 0. The van der Waals surface area contributed by atoms with E-state index in [0.717, 1.165) is 21.9 Å². The highest BCUT2D eigenvalue weighted by atomic mass is 16.3. The van der Waals surface area contributed by atoms with E-state index in [1.165, 1.54) is 99.1 Å². The van der Waals surface area contributed by atoms with Crippen molar-refractivity contribution in [3.8, 4) is 55.6 Å². The fourth-order valence-corrected chi connectivity index (χ4v) is 10.0. The second-order valence-electron chi connectivity index (χ2n) is 16.9. The lowest BCUT2D eigenvalue weighted by Crippen LogP contribution is -2.15. The second-order valence-corrected chi connectivity index (χ2v) is 16.9. The summed E-state index contributed by atoms with van der Waals surface area (Å²) in [5, 5.41) is 9.91. The van der Waals surface area contributed by atoms with Gasteiger partial charge in [-0.05, 0) is 135 Å². The summed E-state index contributed by atoms with van der Waals surface area (Å²) in [6.07, 6.45) is 3.28. The van der Waals surface area contributed by atoms with Gasteiger partial charge in [0.25, 0.3) is 0 Å². The van der Waals surface area contributed by atoms with Crippen LogP contribution >= 0.6 is 0 Å². The van der Waals surface area contributed by atoms with Crippen LogP contribution in [0.2, 0.25) is 0 Å². The molecule has 12 rings (SSSR count). The molecule has 1 aliphatic rings. The summed E-state index contributed by atoms with van der Waals surface area (Å²) in [5.41, 5.74) is 17.0. The van der Waals surface area contributed by atoms with Crippen molar-refractivity contribution >= 4 is 54.3 Å². The maximum atomic E-state index is 6.16. The molecule has 1 aliphatic carbocycles. The van der Waals surface area contributed by atoms with Gasteiger partial charge in [-0.25, -0.2) is 0 Å². The van der Waals surface area contributed by atoms with E-state index in [4.69, 9.17) is 4.42 Å². The van der Waals surface area contributed by atoms with Crippen molar-refractivity contribution in [1.82, 2.24) is 0 Å². The fraction of sp³-hybridized carbons (Fsp3) is 0.0492. The lowest BCUT2D eigenvalue weighted by molar-refractivity contribution is 0.661. The van der Waals surface area contributed by atoms with E-state index in [9.17, 15) is 0 Å². The molecule has 0 aliphatic heterocycles. The highest BCUT2D eigenvalue weighted by molar-refractivity contribution is 6.21. The summed E-state index contributed by atoms with van der Waals surface area (Å²) in [6.45, 7) is 11.5. The molecule has 0 radical (unpaired) electrons. The maximum Gasteiger partial charge on any atom is 0.135 e. The molecular formula is C61H44O. The first-order valence-electron chi connectivity index (χ1n) is 21.4. The Morgan fingerprint density at radius 3 is 1.48 bits per heavy atom. The van der Waals surface area contributed by atoms with E-state index >= 15 is 0 Å². The van der Waals surface area contributed by atoms with Crippen molar-refractivity contribution in [1.29, 1.82) is 0 Å². The Bertz CT molecular complexity index is 3530. The van der Waals surface area contributed by atoms with Gasteiger partial charge in [0.1, 0.15) is 11.2 Å². The molecule has 0 N–H and O–H groups in total. The third kappa shape index (κ3) is 5.92. The van der Waals surface area contributed by atoms with Crippen LogP contribution in [0.5, 0.6) is 0 Å². The molecule has 1 aromatic heterocycles. The molecule has 10 aromatic carbocycles. The predicted molar refractivity (Wildman–Crippen MR) is 266 cm³/mol. The van der Waals surface area contributed by atoms with Gasteiger partial charge in [-0.1, -0.05) is 197 Å². The van der Waals surface area contributed by atoms with Crippen molar-refractivity contribution in [3.63, 3.8) is 0 Å². The van der Waals surface area contributed by atoms with Gasteiger partial charge in [0.05, 0.1) is 0 Å². The van der Waals surface area contributed by atoms with Crippen LogP contribution in [-0.4, -0.2) is 0 Å². The molecule has 0 bridgehead atoms. The number of rotatable bonds is 5. The minimum absolute atomic E-state index is 0.184. The van der Waals surface area contributed by atoms with Gasteiger partial charge in [-0.3, -0.25) is 0 Å². The van der Waals surface area contributed by atoms with E-state index in [-0.39, 0.29) is 5.41 Å². The van der Waals surface area contributed by atoms with Gasteiger partial charge < -0.3 is 4.42 Å². The van der Waals surface area contributed by atoms with Crippen LogP contribution < -0.4 is 0 Å². The first-order chi connectivity index (χ1) is 30.4. The Morgan fingerprint density at radius 2 is 0.823 bits per heavy atom. The lowest BCUT2D eigenvalue weighted by Gasteiger charge is -2.23. The molecule has 0 saturated heterocycles. The normalized spacial score (nSPS) is 12.6. The molecule has 62 heavy (non-hydrogen) atoms. The second kappa shape index (κ2) is 14.8. The van der Waals surface area contributed by atoms with Crippen LogP contribution in [0.1, 0.15) is 25.0 Å². The summed E-state index contributed by atoms with van der Waals surface area (Å²) >= 11 is 0. The fourth-order valence-electron chi connectivity index (χ4n) is 10.0. The third-order valence-electron chi connectivity index (χ3n) is 13.0. The van der Waals surface area contributed by atoms with Gasteiger partial charge in [0.2, 0.25) is 0 Å². The van der Waals surface area contributed by atoms with E-state index in [1.54, 1.807) is 12.2 Å². The Balaban J connectivity index is 0.00000104. The van der Waals surface area contributed by atoms with Gasteiger partial charge in [-0.2, -0.15) is 0 Å². The summed E-state index contributed by atoms with van der Waals surface area (Å²) in [5.74, 6) is 0. The van der Waals surface area contributed by atoms with Crippen molar-refractivity contribution in [2.75, 3.05) is 0 Å². The first-order valence-corrected chi connectivity index (χ1v) is 21.4. The average molecular weight is 793 g/mol. The molecule has 0 amide bonds. The molecule has 1 nitrogen and oxygen atoms in total. The number of para-hydroxylation sites is 1. The Labute approximate surface area is 362 Å². The summed E-state index contributed by atoms with van der Waals surface area (Å²) in [6, 6.07) is 71.6. The smallest absolute Gasteiger partial charge is 0.135 e. The first kappa shape index (κ1) is 37.3. The van der Waals surface area contributed by atoms with Gasteiger partial charge in [-0.15, -0.1) is 0 Å². The van der Waals surface area contributed by atoms with Gasteiger partial charge in [0.15, 0.2) is 0 Å². The van der Waals surface area contributed by atoms with Crippen LogP contribution in [0.3, 0.4) is 0 Å². The van der Waals surface area contributed by atoms with Crippen LogP contribution in [0, 0.1) is 0 Å². The van der Waals surface area contributed by atoms with E-state index in [0.29, 0.717) is 0 Å². The topological polar surface area (TPSA) is 13.1 Å². The predicted octanol–water partition coefficient (Wildman–Crippen LogP) is 17.4. The van der Waals surface area contributed by atoms with Crippen LogP contribution in [0.15, 0.2) is 224 Å². The zero-order chi connectivity index (χ0) is 42.0. The van der Waals surface area contributed by atoms with Crippen LogP contribution in [0.4, 0.5) is 0 Å². The Hall–Kier alpha value is -7.74. The number of benzene rings is 10. The molecule has 0 fully saturated rings. The minimum atomic E-state index is -0.184. The number of fused-ring (bicyclic) bond motifs is 9. The van der Waals surface area contributed by atoms with Crippen molar-refractivity contribution in [2.45, 2.75) is 19.3 Å². The molecule has 294 valence electrons. The summed E-state index contributed by atoms with van der Waals surface area (Å²) in [4.78, 5) is 0. The monoisotopic (exact) mass is 792 g/mol. The zero-order valence-corrected chi connectivity index (χ0v) is 35.0. The number of furan rings is 1. The number of hydrogen-bond acceptors (Lipinski definition) is 1. The molecule has 0 saturated carbocycles. The molecule has 0 atom stereocenters. The standard InChI is InChI=1S/C57H38O.C4H6/c1-57(2)51-33-37(36-27-30-54-50(32-36)45-18-9-10-24-53(45)58-54)25-28-43(51)44-29-26-40(34-52(44)57)56-48-21-7-5-19-46(48)55(47-20-6-8-22-49(47)56)39-16-11-15-38(31-39)42-23-12-14-35-13-3-4-17-41(35)42;1-3-4-2/h3-34H,1-2H3;3-4H,1-2H2. The highest BCUT2D eigenvalue weighted by Crippen LogP contribution is 2.52. The van der Waals surface area contributed by atoms with E-state index in [1.807, 2.05) is 12.1 Å². The van der Waals surface area contributed by atoms with Crippen molar-refractivity contribution in [3.05, 3.63) is 231 Å². The number of allylic oxidation sites excluding steroid dienone is 2. The van der Waals surface area contributed by atoms with Crippen molar-refractivity contribution in [2.24, 2.45) is 0 Å². The number of hydrogen-bond donors (Lipinski definition) is 0. The lowest BCUT2D eigenvalue weighted by atomic mass is 9.80. The maximum absolute atomic E-state index is 6.16. The molecule has 0 spiro atoms. The van der Waals surface area contributed by atoms with E-state index in [2.05, 4.69) is 209 Å². The van der Waals surface area contributed by atoms with Gasteiger partial charge in [0, 0.05) is 16.2 Å². The molecule has 1 heteroatoms. The van der Waals surface area contributed by atoms with Crippen LogP contribution in [0.25, 0.3) is 110 Å². The molecular weight excluding hydrogens is 749 g/mol. The Morgan fingerprint density at radius 1 is 0.355 bits per heavy atom. The highest BCUT2D eigenvalue weighted by Gasteiger charge is 2.36.